The quantitative estimate of drug-likeness (QED) is 0.760. The lowest BCUT2D eigenvalue weighted by Crippen LogP contribution is -2.28. The summed E-state index contributed by atoms with van der Waals surface area (Å²) in [6.07, 6.45) is 10.4. The highest BCUT2D eigenvalue weighted by Gasteiger charge is 2.31. The van der Waals surface area contributed by atoms with Crippen molar-refractivity contribution in [1.29, 1.82) is 0 Å². The first kappa shape index (κ1) is 14.0. The van der Waals surface area contributed by atoms with Crippen LogP contribution in [-0.4, -0.2) is 19.5 Å². The van der Waals surface area contributed by atoms with Crippen molar-refractivity contribution in [2.45, 2.75) is 58.3 Å². The summed E-state index contributed by atoms with van der Waals surface area (Å²) < 4.78 is 5.26. The van der Waals surface area contributed by atoms with Gasteiger partial charge in [-0.1, -0.05) is 0 Å². The average molecular weight is 252 g/mol. The number of hydrogen-bond acceptors (Lipinski definition) is 2. The molecule has 2 aliphatic carbocycles. The zero-order valence-corrected chi connectivity index (χ0v) is 12.0. The Morgan fingerprint density at radius 2 is 1.44 bits per heavy atom. The number of methoxy groups -OCH3 is 1. The molecule has 0 radical (unpaired) electrons. The van der Waals surface area contributed by atoms with E-state index in [4.69, 9.17) is 4.74 Å². The summed E-state index contributed by atoms with van der Waals surface area (Å²) >= 11 is 0. The standard InChI is InChI=1S/C16H28O2/c1-12(17)14-7-9-16(10-8-14)15-5-3-13(4-6-15)11-18-2/h13-16H,3-11H2,1-2H3. The first-order chi connectivity index (χ1) is 8.70. The van der Waals surface area contributed by atoms with Crippen molar-refractivity contribution in [3.05, 3.63) is 0 Å². The van der Waals surface area contributed by atoms with E-state index in [1.165, 1.54) is 38.5 Å². The lowest BCUT2D eigenvalue weighted by atomic mass is 9.69. The molecule has 2 rings (SSSR count). The number of ketones is 1. The van der Waals surface area contributed by atoms with Gasteiger partial charge in [-0.25, -0.2) is 0 Å². The minimum Gasteiger partial charge on any atom is -0.384 e. The number of hydrogen-bond donors (Lipinski definition) is 0. The molecule has 0 amide bonds. The molecule has 0 aromatic rings. The summed E-state index contributed by atoms with van der Waals surface area (Å²) in [7, 11) is 1.81. The summed E-state index contributed by atoms with van der Waals surface area (Å²) in [6.45, 7) is 2.71. The molecule has 0 aliphatic heterocycles. The molecule has 0 N–H and O–H groups in total. The van der Waals surface area contributed by atoms with E-state index >= 15 is 0 Å². The highest BCUT2D eigenvalue weighted by atomic mass is 16.5. The van der Waals surface area contributed by atoms with Gasteiger partial charge in [0, 0.05) is 19.6 Å². The zero-order chi connectivity index (χ0) is 13.0. The summed E-state index contributed by atoms with van der Waals surface area (Å²) in [4.78, 5) is 11.4. The third-order valence-corrected chi connectivity index (χ3v) is 5.31. The third-order valence-electron chi connectivity index (χ3n) is 5.31. The minimum absolute atomic E-state index is 0.381. The Bertz CT molecular complexity index is 258. The largest absolute Gasteiger partial charge is 0.384 e. The molecular weight excluding hydrogens is 224 g/mol. The molecule has 2 heteroatoms. The first-order valence-corrected chi connectivity index (χ1v) is 7.70. The lowest BCUT2D eigenvalue weighted by molar-refractivity contribution is -0.122. The van der Waals surface area contributed by atoms with Crippen LogP contribution < -0.4 is 0 Å². The second-order valence-electron chi connectivity index (χ2n) is 6.46. The normalized spacial score (nSPS) is 37.4. The summed E-state index contributed by atoms with van der Waals surface area (Å²) in [6, 6.07) is 0. The SMILES string of the molecule is COCC1CCC(C2CCC(C(C)=O)CC2)CC1. The molecule has 18 heavy (non-hydrogen) atoms. The van der Waals surface area contributed by atoms with Crippen molar-refractivity contribution in [3.63, 3.8) is 0 Å². The van der Waals surface area contributed by atoms with Crippen LogP contribution in [0.3, 0.4) is 0 Å². The fraction of sp³-hybridized carbons (Fsp3) is 0.938. The second-order valence-corrected chi connectivity index (χ2v) is 6.46. The van der Waals surface area contributed by atoms with Gasteiger partial charge < -0.3 is 4.74 Å². The zero-order valence-electron chi connectivity index (χ0n) is 12.0. The van der Waals surface area contributed by atoms with Gasteiger partial charge in [-0.15, -0.1) is 0 Å². The molecule has 2 fully saturated rings. The minimum atomic E-state index is 0.381. The summed E-state index contributed by atoms with van der Waals surface area (Å²) in [5.41, 5.74) is 0. The van der Waals surface area contributed by atoms with Crippen LogP contribution in [0.2, 0.25) is 0 Å². The van der Waals surface area contributed by atoms with Crippen molar-refractivity contribution in [3.8, 4) is 0 Å². The van der Waals surface area contributed by atoms with Crippen LogP contribution >= 0.6 is 0 Å². The Hall–Kier alpha value is -0.370. The predicted molar refractivity (Wildman–Crippen MR) is 73.5 cm³/mol. The van der Waals surface area contributed by atoms with Crippen molar-refractivity contribution in [2.24, 2.45) is 23.7 Å². The molecule has 2 aliphatic rings. The van der Waals surface area contributed by atoms with Gasteiger partial charge in [0.25, 0.3) is 0 Å². The first-order valence-electron chi connectivity index (χ1n) is 7.70. The van der Waals surface area contributed by atoms with E-state index in [0.717, 1.165) is 37.2 Å². The second kappa shape index (κ2) is 6.70. The molecule has 0 aromatic heterocycles. The molecule has 0 aromatic carbocycles. The Labute approximate surface area is 111 Å². The van der Waals surface area contributed by atoms with Gasteiger partial charge in [0.2, 0.25) is 0 Å². The van der Waals surface area contributed by atoms with E-state index in [1.807, 2.05) is 7.11 Å². The van der Waals surface area contributed by atoms with E-state index < -0.39 is 0 Å². The van der Waals surface area contributed by atoms with Crippen molar-refractivity contribution in [2.75, 3.05) is 13.7 Å². The third kappa shape index (κ3) is 3.57. The van der Waals surface area contributed by atoms with Gasteiger partial charge in [0.05, 0.1) is 0 Å². The molecule has 0 heterocycles. The maximum absolute atomic E-state index is 11.4. The Kier molecular flexibility index (Phi) is 5.23. The average Bonchev–Trinajstić information content (AvgIpc) is 2.40. The van der Waals surface area contributed by atoms with Crippen LogP contribution in [-0.2, 0) is 9.53 Å². The topological polar surface area (TPSA) is 26.3 Å². The number of carbonyl (C=O) groups is 1. The Morgan fingerprint density at radius 1 is 0.944 bits per heavy atom. The number of rotatable bonds is 4. The van der Waals surface area contributed by atoms with E-state index in [1.54, 1.807) is 6.92 Å². The van der Waals surface area contributed by atoms with Gasteiger partial charge >= 0.3 is 0 Å². The van der Waals surface area contributed by atoms with Crippen molar-refractivity contribution >= 4 is 5.78 Å². The highest BCUT2D eigenvalue weighted by molar-refractivity contribution is 5.78. The van der Waals surface area contributed by atoms with Gasteiger partial charge in [0.15, 0.2) is 0 Å². The molecular formula is C16H28O2. The van der Waals surface area contributed by atoms with Crippen molar-refractivity contribution in [1.82, 2.24) is 0 Å². The van der Waals surface area contributed by atoms with Gasteiger partial charge in [0.1, 0.15) is 5.78 Å². The smallest absolute Gasteiger partial charge is 0.132 e. The highest BCUT2D eigenvalue weighted by Crippen LogP contribution is 2.41. The summed E-state index contributed by atoms with van der Waals surface area (Å²) in [5.74, 6) is 3.44. The maximum atomic E-state index is 11.4. The predicted octanol–water partition coefficient (Wildman–Crippen LogP) is 3.83. The fourth-order valence-corrected chi connectivity index (χ4v) is 4.06. The van der Waals surface area contributed by atoms with Crippen LogP contribution in [0, 0.1) is 23.7 Å². The van der Waals surface area contributed by atoms with Crippen LogP contribution in [0.15, 0.2) is 0 Å². The molecule has 0 bridgehead atoms. The molecule has 0 atom stereocenters. The molecule has 0 unspecified atom stereocenters. The van der Waals surface area contributed by atoms with Crippen LogP contribution in [0.1, 0.15) is 58.3 Å². The Morgan fingerprint density at radius 3 is 1.89 bits per heavy atom. The molecule has 104 valence electrons. The maximum Gasteiger partial charge on any atom is 0.132 e. The van der Waals surface area contributed by atoms with Crippen LogP contribution in [0.5, 0.6) is 0 Å². The number of ether oxygens (including phenoxy) is 1. The number of carbonyl (C=O) groups excluding carboxylic acids is 1. The monoisotopic (exact) mass is 252 g/mol. The van der Waals surface area contributed by atoms with Crippen molar-refractivity contribution < 1.29 is 9.53 Å². The van der Waals surface area contributed by atoms with Gasteiger partial charge in [-0.2, -0.15) is 0 Å². The fourth-order valence-electron chi connectivity index (χ4n) is 4.06. The molecule has 0 spiro atoms. The summed E-state index contributed by atoms with van der Waals surface area (Å²) in [5, 5.41) is 0. The molecule has 0 saturated heterocycles. The van der Waals surface area contributed by atoms with Crippen LogP contribution in [0.4, 0.5) is 0 Å². The lowest BCUT2D eigenvalue weighted by Gasteiger charge is -2.37. The van der Waals surface area contributed by atoms with E-state index in [-0.39, 0.29) is 0 Å². The van der Waals surface area contributed by atoms with Gasteiger partial charge in [-0.3, -0.25) is 4.79 Å². The van der Waals surface area contributed by atoms with Gasteiger partial charge in [-0.05, 0) is 76.0 Å². The van der Waals surface area contributed by atoms with E-state index in [9.17, 15) is 4.79 Å². The number of Topliss-reactive ketones (excluding diaryl/α,β-unsaturated/α-hetero) is 1. The molecule has 2 nitrogen and oxygen atoms in total. The molecule has 2 saturated carbocycles. The van der Waals surface area contributed by atoms with E-state index in [0.29, 0.717) is 11.7 Å². The Balaban J connectivity index is 1.73. The van der Waals surface area contributed by atoms with E-state index in [2.05, 4.69) is 0 Å². The van der Waals surface area contributed by atoms with Crippen LogP contribution in [0.25, 0.3) is 0 Å².